The van der Waals surface area contributed by atoms with Crippen molar-refractivity contribution in [2.24, 2.45) is 11.7 Å². The Labute approximate surface area is 135 Å². The quantitative estimate of drug-likeness (QED) is 0.636. The standard InChI is InChI=1S/C15H16FN3O2.CH3B/c16-12-2-1-9(14-10(12)3-4-18-14)11-5-8(15(17)21)6-19-13(11)7-20;1-2/h1-5,8,13,18-20H,6-7H2,(H2,17,21);1H3. The van der Waals surface area contributed by atoms with Crippen LogP contribution in [0.4, 0.5) is 4.39 Å². The third kappa shape index (κ3) is 3.30. The van der Waals surface area contributed by atoms with E-state index >= 15 is 0 Å². The zero-order valence-corrected chi connectivity index (χ0v) is 12.8. The van der Waals surface area contributed by atoms with Crippen LogP contribution in [0.1, 0.15) is 5.56 Å². The number of fused-ring (bicyclic) bond motifs is 1. The highest BCUT2D eigenvalue weighted by molar-refractivity contribution is 6.05. The largest absolute Gasteiger partial charge is 0.394 e. The number of rotatable bonds is 3. The van der Waals surface area contributed by atoms with Crippen molar-refractivity contribution in [3.8, 4) is 0 Å². The zero-order chi connectivity index (χ0) is 17.0. The monoisotopic (exact) mass is 315 g/mol. The van der Waals surface area contributed by atoms with Gasteiger partial charge in [0, 0.05) is 23.7 Å². The maximum atomic E-state index is 13.8. The van der Waals surface area contributed by atoms with Crippen LogP contribution in [0.2, 0.25) is 6.82 Å². The van der Waals surface area contributed by atoms with Gasteiger partial charge in [0.15, 0.2) is 0 Å². The number of H-pyrrole nitrogens is 1. The minimum absolute atomic E-state index is 0.114. The summed E-state index contributed by atoms with van der Waals surface area (Å²) in [4.78, 5) is 14.4. The van der Waals surface area contributed by atoms with Crippen molar-refractivity contribution in [1.29, 1.82) is 0 Å². The Morgan fingerprint density at radius 3 is 2.83 bits per heavy atom. The van der Waals surface area contributed by atoms with E-state index in [4.69, 9.17) is 5.73 Å². The average molecular weight is 315 g/mol. The van der Waals surface area contributed by atoms with Gasteiger partial charge in [-0.05, 0) is 23.8 Å². The number of amides is 1. The number of carbonyl (C=O) groups excluding carboxylic acids is 1. The molecular weight excluding hydrogens is 296 g/mol. The highest BCUT2D eigenvalue weighted by atomic mass is 19.1. The lowest BCUT2D eigenvalue weighted by Gasteiger charge is -2.28. The molecule has 1 amide bonds. The van der Waals surface area contributed by atoms with E-state index in [0.29, 0.717) is 17.4 Å². The molecule has 0 bridgehead atoms. The van der Waals surface area contributed by atoms with Gasteiger partial charge in [0.05, 0.1) is 31.9 Å². The Hall–Kier alpha value is -2.12. The maximum absolute atomic E-state index is 13.8. The minimum Gasteiger partial charge on any atom is -0.394 e. The lowest BCUT2D eigenvalue weighted by molar-refractivity contribution is -0.120. The first-order valence-electron chi connectivity index (χ1n) is 7.30. The van der Waals surface area contributed by atoms with Crippen LogP contribution in [0.3, 0.4) is 0 Å². The SMILES string of the molecule is NC(=O)C1C=C(c2ccc(F)c3cc[nH]c23)C(CO)NC1.[B]C. The molecule has 0 saturated heterocycles. The topological polar surface area (TPSA) is 91.1 Å². The zero-order valence-electron chi connectivity index (χ0n) is 12.8. The van der Waals surface area contributed by atoms with Crippen molar-refractivity contribution in [2.45, 2.75) is 12.9 Å². The first-order chi connectivity index (χ1) is 11.1. The number of carbonyl (C=O) groups is 1. The number of halogens is 1. The molecule has 2 unspecified atom stereocenters. The molecule has 2 aromatic rings. The summed E-state index contributed by atoms with van der Waals surface area (Å²) < 4.78 is 13.8. The molecule has 1 aromatic carbocycles. The molecule has 2 radical (unpaired) electrons. The van der Waals surface area contributed by atoms with Crippen molar-refractivity contribution in [2.75, 3.05) is 13.2 Å². The van der Waals surface area contributed by atoms with Crippen LogP contribution in [0.15, 0.2) is 30.5 Å². The van der Waals surface area contributed by atoms with E-state index < -0.39 is 11.8 Å². The molecule has 120 valence electrons. The van der Waals surface area contributed by atoms with Gasteiger partial charge < -0.3 is 21.1 Å². The lowest BCUT2D eigenvalue weighted by atomic mass is 9.89. The van der Waals surface area contributed by atoms with Gasteiger partial charge in [-0.15, -0.1) is 0 Å². The highest BCUT2D eigenvalue weighted by Crippen LogP contribution is 2.30. The summed E-state index contributed by atoms with van der Waals surface area (Å²) in [6, 6.07) is 4.38. The Morgan fingerprint density at radius 2 is 2.17 bits per heavy atom. The van der Waals surface area contributed by atoms with Crippen molar-refractivity contribution in [1.82, 2.24) is 10.3 Å². The number of primary amides is 1. The van der Waals surface area contributed by atoms with Crippen LogP contribution in [0, 0.1) is 11.7 Å². The molecule has 0 spiro atoms. The molecular formula is C16H19BFN3O2. The molecule has 0 fully saturated rings. The normalized spacial score (nSPS) is 20.6. The molecule has 23 heavy (non-hydrogen) atoms. The van der Waals surface area contributed by atoms with Crippen LogP contribution in [-0.4, -0.2) is 43.0 Å². The summed E-state index contributed by atoms with van der Waals surface area (Å²) in [6.45, 7) is 1.77. The summed E-state index contributed by atoms with van der Waals surface area (Å²) in [6.07, 6.45) is 3.42. The third-order valence-corrected chi connectivity index (χ3v) is 3.87. The number of nitrogens with two attached hydrogens (primary N) is 1. The van der Waals surface area contributed by atoms with Crippen LogP contribution in [-0.2, 0) is 4.79 Å². The van der Waals surface area contributed by atoms with E-state index in [2.05, 4.69) is 18.1 Å². The van der Waals surface area contributed by atoms with E-state index in [1.165, 1.54) is 12.9 Å². The van der Waals surface area contributed by atoms with E-state index in [9.17, 15) is 14.3 Å². The molecule has 2 heterocycles. The molecule has 3 rings (SSSR count). The van der Waals surface area contributed by atoms with Gasteiger partial charge >= 0.3 is 0 Å². The Bertz CT molecular complexity index is 729. The maximum Gasteiger partial charge on any atom is 0.225 e. The number of nitrogens with one attached hydrogen (secondary N) is 2. The summed E-state index contributed by atoms with van der Waals surface area (Å²) in [5.41, 5.74) is 7.51. The molecule has 1 aromatic heterocycles. The van der Waals surface area contributed by atoms with Gasteiger partial charge in [0.25, 0.3) is 0 Å². The average Bonchev–Trinajstić information content (AvgIpc) is 3.07. The fourth-order valence-corrected chi connectivity index (χ4v) is 2.76. The van der Waals surface area contributed by atoms with Gasteiger partial charge in [-0.25, -0.2) is 4.39 Å². The molecule has 7 heteroatoms. The number of benzene rings is 1. The number of aliphatic hydroxyl groups excluding tert-OH is 1. The third-order valence-electron chi connectivity index (χ3n) is 3.87. The number of aromatic amines is 1. The van der Waals surface area contributed by atoms with E-state index in [0.717, 1.165) is 11.1 Å². The highest BCUT2D eigenvalue weighted by Gasteiger charge is 2.27. The first kappa shape index (κ1) is 17.2. The lowest BCUT2D eigenvalue weighted by Crippen LogP contribution is -2.44. The second-order valence-electron chi connectivity index (χ2n) is 5.14. The second kappa shape index (κ2) is 7.43. The Kier molecular flexibility index (Phi) is 5.57. The van der Waals surface area contributed by atoms with Crippen LogP contribution in [0.25, 0.3) is 16.5 Å². The number of aromatic nitrogens is 1. The summed E-state index contributed by atoms with van der Waals surface area (Å²) in [5.74, 6) is -1.19. The van der Waals surface area contributed by atoms with Gasteiger partial charge in [-0.3, -0.25) is 4.79 Å². The van der Waals surface area contributed by atoms with E-state index in [1.807, 2.05) is 0 Å². The summed E-state index contributed by atoms with van der Waals surface area (Å²) in [7, 11) is 4.50. The van der Waals surface area contributed by atoms with Gasteiger partial charge in [-0.2, -0.15) is 0 Å². The van der Waals surface area contributed by atoms with Crippen molar-refractivity contribution in [3.63, 3.8) is 0 Å². The smallest absolute Gasteiger partial charge is 0.225 e. The fraction of sp³-hybridized carbons (Fsp3) is 0.312. The van der Waals surface area contributed by atoms with Crippen molar-refractivity contribution in [3.05, 3.63) is 41.9 Å². The number of aliphatic hydroxyl groups is 1. The first-order valence-corrected chi connectivity index (χ1v) is 7.30. The molecule has 1 aliphatic heterocycles. The van der Waals surface area contributed by atoms with Crippen LogP contribution in [0.5, 0.6) is 0 Å². The molecule has 5 N–H and O–H groups in total. The molecule has 1 aliphatic rings. The second-order valence-corrected chi connectivity index (χ2v) is 5.14. The van der Waals surface area contributed by atoms with Crippen LogP contribution < -0.4 is 11.1 Å². The molecule has 5 nitrogen and oxygen atoms in total. The molecule has 0 saturated carbocycles. The predicted octanol–water partition coefficient (Wildman–Crippen LogP) is 0.959. The van der Waals surface area contributed by atoms with E-state index in [-0.39, 0.29) is 18.5 Å². The van der Waals surface area contributed by atoms with Crippen molar-refractivity contribution < 1.29 is 14.3 Å². The van der Waals surface area contributed by atoms with E-state index in [1.54, 1.807) is 24.4 Å². The summed E-state index contributed by atoms with van der Waals surface area (Å²) >= 11 is 0. The Morgan fingerprint density at radius 1 is 1.43 bits per heavy atom. The summed E-state index contributed by atoms with van der Waals surface area (Å²) in [5, 5.41) is 13.1. The number of hydrogen-bond donors (Lipinski definition) is 4. The Balaban J connectivity index is 0.000000924. The number of hydrogen-bond acceptors (Lipinski definition) is 3. The van der Waals surface area contributed by atoms with Gasteiger partial charge in [0.2, 0.25) is 5.91 Å². The predicted molar refractivity (Wildman–Crippen MR) is 89.4 cm³/mol. The molecule has 0 aliphatic carbocycles. The van der Waals surface area contributed by atoms with Gasteiger partial charge in [-0.1, -0.05) is 12.9 Å². The van der Waals surface area contributed by atoms with Crippen LogP contribution >= 0.6 is 0 Å². The molecule has 2 atom stereocenters. The minimum atomic E-state index is -0.446. The van der Waals surface area contributed by atoms with Gasteiger partial charge in [0.1, 0.15) is 5.82 Å². The van der Waals surface area contributed by atoms with Crippen molar-refractivity contribution >= 4 is 30.2 Å². The fourth-order valence-electron chi connectivity index (χ4n) is 2.76.